The normalized spacial score (nSPS) is 20.2. The van der Waals surface area contributed by atoms with Crippen LogP contribution in [0.2, 0.25) is 0 Å². The van der Waals surface area contributed by atoms with Gasteiger partial charge in [-0.25, -0.2) is 4.79 Å². The summed E-state index contributed by atoms with van der Waals surface area (Å²) in [5.74, 6) is -0.0747. The van der Waals surface area contributed by atoms with Gasteiger partial charge in [0.05, 0.1) is 6.04 Å². The number of amides is 4. The molecule has 32 heavy (non-hydrogen) atoms. The van der Waals surface area contributed by atoms with E-state index in [0.29, 0.717) is 12.8 Å². The van der Waals surface area contributed by atoms with E-state index in [9.17, 15) is 14.4 Å². The number of hydrogen-bond donors (Lipinski definition) is 2. The summed E-state index contributed by atoms with van der Waals surface area (Å²) in [7, 11) is 0. The molecular weight excluding hydrogens is 404 g/mol. The highest BCUT2D eigenvalue weighted by molar-refractivity contribution is 6.05. The Kier molecular flexibility index (Phi) is 5.17. The van der Waals surface area contributed by atoms with Gasteiger partial charge >= 0.3 is 6.03 Å². The molecule has 0 aliphatic carbocycles. The number of urea groups is 1. The van der Waals surface area contributed by atoms with Crippen LogP contribution in [0.4, 0.5) is 10.5 Å². The third-order valence-electron chi connectivity index (χ3n) is 6.55. The number of aromatic amines is 1. The molecule has 4 amide bonds. The first-order valence-corrected chi connectivity index (χ1v) is 11.1. The van der Waals surface area contributed by atoms with Crippen molar-refractivity contribution >= 4 is 34.4 Å². The molecule has 1 aromatic heterocycles. The molecule has 0 saturated carbocycles. The number of imide groups is 1. The molecule has 2 aromatic carbocycles. The van der Waals surface area contributed by atoms with E-state index in [0.717, 1.165) is 47.1 Å². The predicted molar refractivity (Wildman–Crippen MR) is 122 cm³/mol. The summed E-state index contributed by atoms with van der Waals surface area (Å²) in [6.45, 7) is 2.59. The van der Waals surface area contributed by atoms with Crippen molar-refractivity contribution in [3.63, 3.8) is 0 Å². The molecule has 164 valence electrons. The molecule has 2 aliphatic heterocycles. The van der Waals surface area contributed by atoms with Crippen molar-refractivity contribution < 1.29 is 14.4 Å². The molecule has 2 N–H and O–H groups in total. The molecule has 2 saturated heterocycles. The fourth-order valence-electron chi connectivity index (χ4n) is 4.73. The highest BCUT2D eigenvalue weighted by Crippen LogP contribution is 2.29. The van der Waals surface area contributed by atoms with Crippen LogP contribution < -0.4 is 10.2 Å². The minimum atomic E-state index is -0.589. The molecule has 1 unspecified atom stereocenters. The van der Waals surface area contributed by atoms with Crippen molar-refractivity contribution in [2.75, 3.05) is 11.4 Å². The number of rotatable bonds is 5. The molecule has 0 radical (unpaired) electrons. The van der Waals surface area contributed by atoms with Gasteiger partial charge in [0.15, 0.2) is 0 Å². The van der Waals surface area contributed by atoms with Gasteiger partial charge in [-0.05, 0) is 49.1 Å². The van der Waals surface area contributed by atoms with Crippen LogP contribution in [0.25, 0.3) is 10.9 Å². The van der Waals surface area contributed by atoms with Crippen molar-refractivity contribution in [1.82, 2.24) is 15.2 Å². The summed E-state index contributed by atoms with van der Waals surface area (Å²) in [5, 5.41) is 3.91. The van der Waals surface area contributed by atoms with E-state index in [1.807, 2.05) is 66.6 Å². The van der Waals surface area contributed by atoms with E-state index in [4.69, 9.17) is 0 Å². The lowest BCUT2D eigenvalue weighted by atomic mass is 10.0. The van der Waals surface area contributed by atoms with Crippen LogP contribution >= 0.6 is 0 Å². The lowest BCUT2D eigenvalue weighted by molar-refractivity contribution is -0.128. The SMILES string of the molecule is CC(c1ccc(N2CCCCC2=O)cc1)N1C(=O)N[C@H](Cc2c[nH]c3ccccc23)C1=O. The largest absolute Gasteiger partial charge is 0.361 e. The third-order valence-corrected chi connectivity index (χ3v) is 6.55. The monoisotopic (exact) mass is 430 g/mol. The summed E-state index contributed by atoms with van der Waals surface area (Å²) >= 11 is 0. The van der Waals surface area contributed by atoms with Gasteiger partial charge in [-0.3, -0.25) is 14.5 Å². The van der Waals surface area contributed by atoms with Gasteiger partial charge in [0.2, 0.25) is 5.91 Å². The third kappa shape index (κ3) is 3.53. The van der Waals surface area contributed by atoms with E-state index in [1.165, 1.54) is 4.90 Å². The number of anilines is 1. The maximum Gasteiger partial charge on any atom is 0.325 e. The van der Waals surface area contributed by atoms with Gasteiger partial charge in [-0.1, -0.05) is 30.3 Å². The maximum absolute atomic E-state index is 13.1. The van der Waals surface area contributed by atoms with Crippen LogP contribution in [0.3, 0.4) is 0 Å². The molecule has 0 spiro atoms. The molecule has 7 nitrogen and oxygen atoms in total. The molecule has 5 rings (SSSR count). The Morgan fingerprint density at radius 2 is 1.81 bits per heavy atom. The Balaban J connectivity index is 1.31. The number of piperidine rings is 1. The van der Waals surface area contributed by atoms with E-state index in [2.05, 4.69) is 10.3 Å². The number of para-hydroxylation sites is 1. The van der Waals surface area contributed by atoms with Crippen LogP contribution in [0, 0.1) is 0 Å². The summed E-state index contributed by atoms with van der Waals surface area (Å²) in [6, 6.07) is 14.2. The lowest BCUT2D eigenvalue weighted by Crippen LogP contribution is -2.35. The standard InChI is InChI=1S/C25H26N4O3/c1-16(17-9-11-19(12-10-17)28-13-5-4-8-23(28)30)29-24(31)22(27-25(29)32)14-18-15-26-21-7-3-2-6-20(18)21/h2-3,6-7,9-12,15-16,22,26H,4-5,8,13-14H2,1H3,(H,27,32)/t16?,22-/m1/s1. The quantitative estimate of drug-likeness (QED) is 0.602. The van der Waals surface area contributed by atoms with Crippen LogP contribution in [-0.2, 0) is 16.0 Å². The van der Waals surface area contributed by atoms with Crippen molar-refractivity contribution in [3.05, 3.63) is 65.9 Å². The summed E-state index contributed by atoms with van der Waals surface area (Å²) < 4.78 is 0. The number of nitrogens with zero attached hydrogens (tertiary/aromatic N) is 2. The highest BCUT2D eigenvalue weighted by atomic mass is 16.2. The molecule has 2 atom stereocenters. The zero-order chi connectivity index (χ0) is 22.2. The molecule has 2 fully saturated rings. The Labute approximate surface area is 186 Å². The zero-order valence-electron chi connectivity index (χ0n) is 18.0. The molecule has 7 heteroatoms. The first-order chi connectivity index (χ1) is 15.5. The van der Waals surface area contributed by atoms with Gasteiger partial charge in [0.25, 0.3) is 5.91 Å². The minimum Gasteiger partial charge on any atom is -0.361 e. The number of fused-ring (bicyclic) bond motifs is 1. The van der Waals surface area contributed by atoms with Crippen molar-refractivity contribution in [2.24, 2.45) is 0 Å². The molecule has 3 heterocycles. The first kappa shape index (κ1) is 20.3. The van der Waals surface area contributed by atoms with Crippen LogP contribution in [0.15, 0.2) is 54.7 Å². The number of hydrogen-bond acceptors (Lipinski definition) is 3. The number of carbonyl (C=O) groups excluding carboxylic acids is 3. The number of benzene rings is 2. The van der Waals surface area contributed by atoms with Gasteiger partial charge in [0.1, 0.15) is 6.04 Å². The smallest absolute Gasteiger partial charge is 0.325 e. The van der Waals surface area contributed by atoms with Gasteiger partial charge < -0.3 is 15.2 Å². The van der Waals surface area contributed by atoms with Gasteiger partial charge in [-0.15, -0.1) is 0 Å². The van der Waals surface area contributed by atoms with Gasteiger partial charge in [0, 0.05) is 42.2 Å². The fourth-order valence-corrected chi connectivity index (χ4v) is 4.73. The second-order valence-corrected chi connectivity index (χ2v) is 8.54. The molecule has 3 aromatic rings. The van der Waals surface area contributed by atoms with E-state index < -0.39 is 12.1 Å². The second kappa shape index (κ2) is 8.15. The predicted octanol–water partition coefficient (Wildman–Crippen LogP) is 3.91. The van der Waals surface area contributed by atoms with E-state index >= 15 is 0 Å². The summed E-state index contributed by atoms with van der Waals surface area (Å²) in [5.41, 5.74) is 3.73. The summed E-state index contributed by atoms with van der Waals surface area (Å²) in [4.78, 5) is 44.3. The Morgan fingerprint density at radius 1 is 1.03 bits per heavy atom. The lowest BCUT2D eigenvalue weighted by Gasteiger charge is -2.27. The van der Waals surface area contributed by atoms with E-state index in [1.54, 1.807) is 0 Å². The van der Waals surface area contributed by atoms with Crippen molar-refractivity contribution in [3.8, 4) is 0 Å². The minimum absolute atomic E-state index is 0.145. The van der Waals surface area contributed by atoms with Crippen LogP contribution in [-0.4, -0.2) is 40.3 Å². The maximum atomic E-state index is 13.1. The molecular formula is C25H26N4O3. The van der Waals surface area contributed by atoms with Crippen molar-refractivity contribution in [1.29, 1.82) is 0 Å². The highest BCUT2D eigenvalue weighted by Gasteiger charge is 2.41. The first-order valence-electron chi connectivity index (χ1n) is 11.1. The van der Waals surface area contributed by atoms with Crippen LogP contribution in [0.1, 0.15) is 43.4 Å². The van der Waals surface area contributed by atoms with Gasteiger partial charge in [-0.2, -0.15) is 0 Å². The average Bonchev–Trinajstić information content (AvgIpc) is 3.34. The Hall–Kier alpha value is -3.61. The number of H-pyrrole nitrogens is 1. The Morgan fingerprint density at radius 3 is 2.59 bits per heavy atom. The second-order valence-electron chi connectivity index (χ2n) is 8.54. The number of nitrogens with one attached hydrogen (secondary N) is 2. The number of carbonyl (C=O) groups is 3. The number of aromatic nitrogens is 1. The van der Waals surface area contributed by atoms with Crippen molar-refractivity contribution in [2.45, 2.75) is 44.7 Å². The topological polar surface area (TPSA) is 85.5 Å². The average molecular weight is 431 g/mol. The van der Waals surface area contributed by atoms with Crippen LogP contribution in [0.5, 0.6) is 0 Å². The fraction of sp³-hybridized carbons (Fsp3) is 0.320. The summed E-state index contributed by atoms with van der Waals surface area (Å²) in [6.07, 6.45) is 4.86. The molecule has 2 aliphatic rings. The zero-order valence-corrected chi connectivity index (χ0v) is 18.0. The van der Waals surface area contributed by atoms with E-state index in [-0.39, 0.29) is 17.8 Å². The molecule has 0 bridgehead atoms. The Bertz CT molecular complexity index is 1180.